The molecule has 9 aromatic carbocycles. The Morgan fingerprint density at radius 1 is 0.381 bits per heavy atom. The molecule has 0 spiro atoms. The van der Waals surface area contributed by atoms with Gasteiger partial charge in [0.15, 0.2) is 0 Å². The number of methoxy groups -OCH3 is 3. The molecule has 0 atom stereocenters. The molecule has 14 N–H and O–H groups in total. The molecule has 690 valence electrons. The number of nitrogen functional groups attached to an aromatic ring is 2. The number of nitrogens with one attached hydrogen (secondary N) is 8. The first-order valence-corrected chi connectivity index (χ1v) is 40.4. The molecule has 0 aliphatic rings. The fraction of sp³-hybridized carbons (Fsp3) is 0.147. The van der Waals surface area contributed by atoms with E-state index in [0.29, 0.717) is 79.9 Å². The number of esters is 3. The summed E-state index contributed by atoms with van der Waals surface area (Å²) in [6, 6.07) is 72.9. The van der Waals surface area contributed by atoms with Crippen LogP contribution in [0.2, 0.25) is 15.7 Å². The summed E-state index contributed by atoms with van der Waals surface area (Å²) in [6.07, 6.45) is 8.40. The van der Waals surface area contributed by atoms with Crippen LogP contribution in [0.4, 0.5) is 92.3 Å². The molecule has 0 radical (unpaired) electrons. The van der Waals surface area contributed by atoms with Crippen LogP contribution in [0.3, 0.4) is 0 Å². The van der Waals surface area contributed by atoms with Crippen LogP contribution in [0.5, 0.6) is 0 Å². The van der Waals surface area contributed by atoms with E-state index in [9.17, 15) is 24.0 Å². The maximum Gasteiger partial charge on any atom is 2.00 e. The fourth-order valence-electron chi connectivity index (χ4n) is 9.98. The topological polar surface area (TPSA) is 462 Å². The Kier molecular flexibility index (Phi) is 56.2. The molecule has 134 heavy (non-hydrogen) atoms. The number of anilines is 16. The number of carboxylic acid groups (broad SMARTS) is 1. The Balaban J connectivity index is 0.000000536. The molecule has 0 bridgehead atoms. The van der Waals surface area contributed by atoms with Crippen LogP contribution in [0.25, 0.3) is 0 Å². The van der Waals surface area contributed by atoms with Crippen molar-refractivity contribution in [2.24, 2.45) is 0 Å². The van der Waals surface area contributed by atoms with Gasteiger partial charge in [-0.15, -0.1) is 0 Å². The third-order valence-electron chi connectivity index (χ3n) is 16.5. The number of carbonyl (C=O) groups is 5. The number of amides is 1. The van der Waals surface area contributed by atoms with Crippen molar-refractivity contribution in [3.63, 3.8) is 0 Å². The summed E-state index contributed by atoms with van der Waals surface area (Å²) < 4.78 is 13.9. The van der Waals surface area contributed by atoms with Crippen molar-refractivity contribution in [3.8, 4) is 0 Å². The van der Waals surface area contributed by atoms with Crippen molar-refractivity contribution in [3.05, 3.63) is 357 Å². The van der Waals surface area contributed by atoms with Gasteiger partial charge in [0.05, 0.1) is 57.8 Å². The molecular formula is C95H102BrCl3KMgN21O12. The third-order valence-corrected chi connectivity index (χ3v) is 17.3. The standard InChI is InChI=1S/C20H21N5O2.C19H18N4O2.C18H16N4O2.C13H12ClN3O2.C8H9NO2.C6H7N.C5H4Cl2N2.C4H7.C2H7NO.BrH.K.Mg.H2O/c1-14-13-21-20(23-16-9-5-4-6-10-16)24-18(14)22-17-11-7-8-15(12-17)19(26)25(2)27-3;1-13-12-20-19(22-15-8-4-3-5-9-15)23-17(13)21-16-10-6-7-14(11-16)18(24)25-2;1-12-11-19-18(21-14-7-3-2-4-8-14)22-16(12)20-15-9-5-6-13(10-15)17(23)24;1-8-7-15-13(14)17-11(8)16-10-5-3-4-9(6-10)12(18)19-2;1-11-8(10)6-3-2-4-7(9)5-6;7-6-4-2-1-3-5-6;1-3-2-8-5(7)9-4(3)6;1-4(2)3;1-3-4-2;;;;/h4-13H,1-3H3,(H2,21,22,23,24);3-12H,1-2H3,(H2,20,21,22,23);2-11H,1H3,(H,23,24)(H2,19,20,21,22);3-7H,1-2H3,(H,15,16,17);2-5H,9H2,1H3;1-5H,7H2;2H,1H3;1H,2-3H3;3H,1-2H3;1H;;;1H2/q;;;;;;;-1;;;+1;+2;/p-2. The number of aromatic carboxylic acids is 1. The second-order valence-corrected chi connectivity index (χ2v) is 28.1. The van der Waals surface area contributed by atoms with Crippen LogP contribution in [0.1, 0.15) is 93.5 Å². The van der Waals surface area contributed by atoms with Crippen LogP contribution in [-0.2, 0) is 23.9 Å². The number of halogens is 4. The van der Waals surface area contributed by atoms with E-state index < -0.39 is 5.97 Å². The summed E-state index contributed by atoms with van der Waals surface area (Å²) in [5.74, 6) is 1.65. The fourth-order valence-corrected chi connectivity index (χ4v) is 10.4. The number of benzene rings is 9. The summed E-state index contributed by atoms with van der Waals surface area (Å²) in [4.78, 5) is 108. The normalized spacial score (nSPS) is 9.50. The second-order valence-electron chi connectivity index (χ2n) is 27.0. The number of hydrogen-bond donors (Lipinski definition) is 11. The molecule has 0 saturated carbocycles. The third kappa shape index (κ3) is 43.7. The van der Waals surface area contributed by atoms with Crippen molar-refractivity contribution in [1.82, 2.24) is 60.4 Å². The van der Waals surface area contributed by atoms with Crippen LogP contribution < -0.4 is 123 Å². The Morgan fingerprint density at radius 3 is 0.948 bits per heavy atom. The van der Waals surface area contributed by atoms with E-state index in [1.54, 1.807) is 155 Å². The largest absolute Gasteiger partial charge is 2.00 e. The summed E-state index contributed by atoms with van der Waals surface area (Å²) in [5.41, 5.74) is 27.6. The van der Waals surface area contributed by atoms with E-state index in [4.69, 9.17) is 67.5 Å². The molecule has 1 amide bonds. The summed E-state index contributed by atoms with van der Waals surface area (Å²) in [6.45, 7) is 18.2. The van der Waals surface area contributed by atoms with Crippen LogP contribution in [0.15, 0.2) is 279 Å². The predicted octanol–water partition coefficient (Wildman–Crippen LogP) is 13.9. The molecule has 0 aliphatic heterocycles. The molecule has 0 saturated heterocycles. The smallest absolute Gasteiger partial charge is 1.00 e. The first-order chi connectivity index (χ1) is 62.4. The van der Waals surface area contributed by atoms with Crippen molar-refractivity contribution in [2.45, 2.75) is 48.5 Å². The van der Waals surface area contributed by atoms with E-state index in [0.717, 1.165) is 73.2 Å². The van der Waals surface area contributed by atoms with E-state index in [-0.39, 0.29) is 137 Å². The Hall–Kier alpha value is -12.7. The number of ether oxygens (including phenoxy) is 3. The summed E-state index contributed by atoms with van der Waals surface area (Å²) in [7, 11) is 10.3. The number of nitrogens with two attached hydrogens (primary N) is 2. The number of carbonyl (C=O) groups excluding carboxylic acids is 4. The number of carboxylic acids is 1. The minimum atomic E-state index is -0.968. The number of hydroxylamine groups is 3. The molecule has 33 nitrogen and oxygen atoms in total. The minimum Gasteiger partial charge on any atom is -1.00 e. The maximum atomic E-state index is 12.2. The van der Waals surface area contributed by atoms with Gasteiger partial charge >= 0.3 is 98.3 Å². The molecule has 0 aliphatic carbocycles. The number of nitrogens with zero attached hydrogens (tertiary/aromatic N) is 11. The van der Waals surface area contributed by atoms with Crippen molar-refractivity contribution >= 4 is 180 Å². The number of allylic oxidation sites excluding steroid dienone is 1. The summed E-state index contributed by atoms with van der Waals surface area (Å²) in [5, 5.41) is 33.2. The number of aromatic nitrogens is 10. The zero-order valence-electron chi connectivity index (χ0n) is 76.3. The molecule has 14 aromatic rings. The average Bonchev–Trinajstić information content (AvgIpc) is 0.852. The molecule has 5 heterocycles. The molecular weight excluding hydrogens is 1880 g/mol. The van der Waals surface area contributed by atoms with Gasteiger partial charge in [-0.25, -0.2) is 64.6 Å². The van der Waals surface area contributed by atoms with Crippen molar-refractivity contribution in [2.75, 3.05) is 98.3 Å². The molecule has 0 unspecified atom stereocenters. The monoisotopic (exact) mass is 1980 g/mol. The molecule has 39 heteroatoms. The van der Waals surface area contributed by atoms with Gasteiger partial charge in [-0.2, -0.15) is 15.0 Å². The quantitative estimate of drug-likeness (QED) is 0.00465. The van der Waals surface area contributed by atoms with E-state index in [1.165, 1.54) is 33.5 Å². The van der Waals surface area contributed by atoms with Crippen molar-refractivity contribution < 1.29 is 127 Å². The molecule has 0 fully saturated rings. The first kappa shape index (κ1) is 117. The van der Waals surface area contributed by atoms with Gasteiger partial charge in [0, 0.05) is 130 Å². The predicted molar refractivity (Wildman–Crippen MR) is 522 cm³/mol. The zero-order valence-corrected chi connectivity index (χ0v) is 84.7. The number of para-hydroxylation sites is 4. The summed E-state index contributed by atoms with van der Waals surface area (Å²) >= 11 is 16.7. The first-order valence-electron chi connectivity index (χ1n) is 39.2. The van der Waals surface area contributed by atoms with Crippen molar-refractivity contribution in [1.29, 1.82) is 0 Å². The average molecular weight is 1980 g/mol. The second kappa shape index (κ2) is 64.2. The van der Waals surface area contributed by atoms with Crippen LogP contribution in [0, 0.1) is 41.2 Å². The van der Waals surface area contributed by atoms with Gasteiger partial charge in [0.25, 0.3) is 5.91 Å². The molecule has 5 aromatic heterocycles. The number of hydrogen-bond acceptors (Lipinski definition) is 31. The van der Waals surface area contributed by atoms with E-state index in [2.05, 4.69) is 107 Å². The Morgan fingerprint density at radius 2 is 0.649 bits per heavy atom. The zero-order chi connectivity index (χ0) is 94.9. The van der Waals surface area contributed by atoms with Gasteiger partial charge < -0.3 is 102 Å². The van der Waals surface area contributed by atoms with Crippen LogP contribution in [-0.4, -0.2) is 168 Å². The maximum absolute atomic E-state index is 12.2. The Labute approximate surface area is 862 Å². The molecule has 14 rings (SSSR count). The van der Waals surface area contributed by atoms with Gasteiger partial charge in [-0.3, -0.25) is 15.2 Å². The Bertz CT molecular complexity index is 5970. The van der Waals surface area contributed by atoms with Gasteiger partial charge in [-0.1, -0.05) is 129 Å². The van der Waals surface area contributed by atoms with Crippen LogP contribution >= 0.6 is 34.8 Å². The SMILES string of the molecule is CNOC.COC(=O)c1cccc(N)c1.COC(=O)c1cccc(Nc2nc(Cl)ncc2C)c1.COC(=O)c1cccc(Nc2nc(Nc3ccccc3)ncc2C)c1.CON(C)C(=O)c1cccc(Nc2nc(Nc3ccccc3)ncc2C)c1.Cc1cnc(Cl)nc1Cl.Cc1cnc(Nc2ccccc2)nc1Nc1cccc(C(=O)O)c1.Nc1ccccc1.[Br-].[CH-]=C(C)C.[K+].[Mg+2].[OH-]. The van der Waals surface area contributed by atoms with E-state index in [1.807, 2.05) is 188 Å². The minimum absolute atomic E-state index is 0. The van der Waals surface area contributed by atoms with E-state index >= 15 is 0 Å². The van der Waals surface area contributed by atoms with Gasteiger partial charge in [-0.05, 0) is 197 Å². The number of aryl methyl sites for hydroxylation is 5. The van der Waals surface area contributed by atoms with Gasteiger partial charge in [0.2, 0.25) is 28.4 Å². The van der Waals surface area contributed by atoms with Gasteiger partial charge in [0.1, 0.15) is 28.4 Å². The number of rotatable bonds is 21.